The van der Waals surface area contributed by atoms with Gasteiger partial charge in [0.25, 0.3) is 5.91 Å². The largest absolute Gasteiger partial charge is 0.306 e. The van der Waals surface area contributed by atoms with E-state index in [4.69, 9.17) is 0 Å². The van der Waals surface area contributed by atoms with Gasteiger partial charge in [-0.15, -0.1) is 0 Å². The SMILES string of the molecule is CCCN1C(/C=C/c2ccc(-n3cnc(C)c3)c3c2CC3)=NC(=O)CN1c1ccc(F)cc1. The van der Waals surface area contributed by atoms with Crippen molar-refractivity contribution in [3.8, 4) is 5.69 Å². The zero-order valence-corrected chi connectivity index (χ0v) is 18.8. The van der Waals surface area contributed by atoms with Crippen LogP contribution in [0.15, 0.2) is 60.0 Å². The summed E-state index contributed by atoms with van der Waals surface area (Å²) in [6.07, 6.45) is 10.8. The number of halogens is 1. The van der Waals surface area contributed by atoms with Crippen LogP contribution in [0.3, 0.4) is 0 Å². The van der Waals surface area contributed by atoms with Crippen molar-refractivity contribution in [2.24, 2.45) is 4.99 Å². The fourth-order valence-electron chi connectivity index (χ4n) is 4.43. The minimum absolute atomic E-state index is 0.136. The predicted molar refractivity (Wildman–Crippen MR) is 128 cm³/mol. The van der Waals surface area contributed by atoms with Crippen LogP contribution < -0.4 is 5.01 Å². The molecule has 1 amide bonds. The lowest BCUT2D eigenvalue weighted by atomic mass is 9.83. The molecule has 2 aromatic carbocycles. The average molecular weight is 444 g/mol. The van der Waals surface area contributed by atoms with Gasteiger partial charge in [0.05, 0.1) is 17.7 Å². The summed E-state index contributed by atoms with van der Waals surface area (Å²) in [6, 6.07) is 10.4. The molecule has 0 spiro atoms. The molecule has 0 unspecified atom stereocenters. The van der Waals surface area contributed by atoms with E-state index in [-0.39, 0.29) is 18.3 Å². The average Bonchev–Trinajstić information content (AvgIpc) is 3.21. The maximum atomic E-state index is 13.4. The Labute approximate surface area is 192 Å². The number of anilines is 1. The van der Waals surface area contributed by atoms with Crippen LogP contribution in [0, 0.1) is 12.7 Å². The number of aliphatic imine (C=N–C) groups is 1. The molecule has 0 fully saturated rings. The normalized spacial score (nSPS) is 15.6. The van der Waals surface area contributed by atoms with Crippen LogP contribution in [0.1, 0.15) is 35.7 Å². The number of hydrogen-bond donors (Lipinski definition) is 0. The molecular formula is C26H26FN5O. The molecule has 0 radical (unpaired) electrons. The number of aryl methyl sites for hydroxylation is 1. The van der Waals surface area contributed by atoms with Gasteiger partial charge in [-0.3, -0.25) is 14.8 Å². The molecule has 33 heavy (non-hydrogen) atoms. The second-order valence-corrected chi connectivity index (χ2v) is 8.41. The van der Waals surface area contributed by atoms with E-state index in [1.165, 1.54) is 28.9 Å². The highest BCUT2D eigenvalue weighted by atomic mass is 19.1. The quantitative estimate of drug-likeness (QED) is 0.563. The lowest BCUT2D eigenvalue weighted by molar-refractivity contribution is -0.117. The third-order valence-electron chi connectivity index (χ3n) is 6.11. The van der Waals surface area contributed by atoms with Gasteiger partial charge in [0.15, 0.2) is 5.84 Å². The van der Waals surface area contributed by atoms with Crippen LogP contribution in [0.2, 0.25) is 0 Å². The molecule has 2 heterocycles. The van der Waals surface area contributed by atoms with E-state index in [1.54, 1.807) is 12.1 Å². The Morgan fingerprint density at radius 2 is 1.85 bits per heavy atom. The minimum Gasteiger partial charge on any atom is -0.306 e. The maximum absolute atomic E-state index is 13.4. The molecule has 6 nitrogen and oxygen atoms in total. The number of nitrogens with zero attached hydrogens (tertiary/aromatic N) is 5. The van der Waals surface area contributed by atoms with E-state index in [0.29, 0.717) is 12.4 Å². The van der Waals surface area contributed by atoms with Crippen LogP contribution in [-0.4, -0.2) is 39.4 Å². The molecule has 3 aromatic rings. The van der Waals surface area contributed by atoms with Gasteiger partial charge in [0, 0.05) is 18.4 Å². The molecule has 0 saturated carbocycles. The second kappa shape index (κ2) is 8.65. The molecule has 0 atom stereocenters. The Morgan fingerprint density at radius 3 is 2.52 bits per heavy atom. The van der Waals surface area contributed by atoms with E-state index in [2.05, 4.69) is 33.6 Å². The zero-order valence-electron chi connectivity index (χ0n) is 18.8. The van der Waals surface area contributed by atoms with Gasteiger partial charge >= 0.3 is 0 Å². The van der Waals surface area contributed by atoms with Gasteiger partial charge in [0.2, 0.25) is 0 Å². The number of hydrazine groups is 1. The summed E-state index contributed by atoms with van der Waals surface area (Å²) >= 11 is 0. The van der Waals surface area contributed by atoms with Crippen molar-refractivity contribution in [1.29, 1.82) is 0 Å². The molecule has 168 valence electrons. The predicted octanol–water partition coefficient (Wildman–Crippen LogP) is 4.50. The van der Waals surface area contributed by atoms with E-state index in [0.717, 1.165) is 36.2 Å². The van der Waals surface area contributed by atoms with Crippen molar-refractivity contribution in [1.82, 2.24) is 14.6 Å². The summed E-state index contributed by atoms with van der Waals surface area (Å²) < 4.78 is 15.5. The second-order valence-electron chi connectivity index (χ2n) is 8.41. The third kappa shape index (κ3) is 4.06. The molecule has 2 aliphatic rings. The molecular weight excluding hydrogens is 417 g/mol. The molecule has 1 aromatic heterocycles. The van der Waals surface area contributed by atoms with Crippen LogP contribution in [-0.2, 0) is 17.6 Å². The van der Waals surface area contributed by atoms with Crippen molar-refractivity contribution < 1.29 is 9.18 Å². The molecule has 1 aliphatic heterocycles. The van der Waals surface area contributed by atoms with Crippen LogP contribution in [0.4, 0.5) is 10.1 Å². The van der Waals surface area contributed by atoms with Crippen molar-refractivity contribution in [2.45, 2.75) is 33.1 Å². The number of rotatable bonds is 6. The van der Waals surface area contributed by atoms with Crippen molar-refractivity contribution in [2.75, 3.05) is 18.1 Å². The topological polar surface area (TPSA) is 53.7 Å². The fourth-order valence-corrected chi connectivity index (χ4v) is 4.43. The first-order chi connectivity index (χ1) is 16.0. The lowest BCUT2D eigenvalue weighted by Gasteiger charge is -2.39. The van der Waals surface area contributed by atoms with Crippen LogP contribution in [0.25, 0.3) is 11.8 Å². The maximum Gasteiger partial charge on any atom is 0.269 e. The van der Waals surface area contributed by atoms with Gasteiger partial charge in [-0.2, -0.15) is 4.99 Å². The van der Waals surface area contributed by atoms with Gasteiger partial charge in [-0.25, -0.2) is 9.37 Å². The zero-order chi connectivity index (χ0) is 22.9. The number of carbonyl (C=O) groups excluding carboxylic acids is 1. The van der Waals surface area contributed by atoms with E-state index in [9.17, 15) is 9.18 Å². The van der Waals surface area contributed by atoms with Gasteiger partial charge in [0.1, 0.15) is 12.4 Å². The summed E-state index contributed by atoms with van der Waals surface area (Å²) in [7, 11) is 0. The summed E-state index contributed by atoms with van der Waals surface area (Å²) in [6.45, 7) is 4.91. The Kier molecular flexibility index (Phi) is 5.54. The molecule has 1 aliphatic carbocycles. The van der Waals surface area contributed by atoms with Gasteiger partial charge in [-0.05, 0) is 79.3 Å². The van der Waals surface area contributed by atoms with Crippen LogP contribution in [0.5, 0.6) is 0 Å². The summed E-state index contributed by atoms with van der Waals surface area (Å²) in [5, 5.41) is 3.88. The highest BCUT2D eigenvalue weighted by molar-refractivity contribution is 6.07. The van der Waals surface area contributed by atoms with Gasteiger partial charge < -0.3 is 4.57 Å². The van der Waals surface area contributed by atoms with E-state index >= 15 is 0 Å². The van der Waals surface area contributed by atoms with E-state index < -0.39 is 0 Å². The standard InChI is InChI=1S/C26H26FN5O/c1-3-14-31-25(29-26(33)16-32(31)21-8-6-20(27)7-9-21)13-5-19-4-12-24(23-11-10-22(19)23)30-15-18(2)28-17-30/h4-9,12-13,15,17H,3,10-11,14,16H2,1-2H3/b13-5+. The monoisotopic (exact) mass is 443 g/mol. The first kappa shape index (κ1) is 21.1. The highest BCUT2D eigenvalue weighted by Crippen LogP contribution is 2.33. The highest BCUT2D eigenvalue weighted by Gasteiger charge is 2.27. The summed E-state index contributed by atoms with van der Waals surface area (Å²) in [5.74, 6) is 0.0787. The summed E-state index contributed by atoms with van der Waals surface area (Å²) in [4.78, 5) is 21.1. The number of amidine groups is 1. The Bertz CT molecular complexity index is 1260. The number of amides is 1. The Hall–Kier alpha value is -3.74. The molecule has 0 N–H and O–H groups in total. The van der Waals surface area contributed by atoms with E-state index in [1.807, 2.05) is 41.6 Å². The van der Waals surface area contributed by atoms with Gasteiger partial charge in [-0.1, -0.05) is 19.1 Å². The third-order valence-corrected chi connectivity index (χ3v) is 6.11. The Morgan fingerprint density at radius 1 is 1.06 bits per heavy atom. The number of benzene rings is 2. The first-order valence-corrected chi connectivity index (χ1v) is 11.3. The molecule has 7 heteroatoms. The number of aromatic nitrogens is 2. The number of imidazole rings is 1. The molecule has 0 saturated heterocycles. The minimum atomic E-state index is -0.301. The molecule has 5 rings (SSSR count). The fraction of sp³-hybridized carbons (Fsp3) is 0.269. The van der Waals surface area contributed by atoms with Crippen LogP contribution >= 0.6 is 0 Å². The number of hydrogen-bond acceptors (Lipinski definition) is 4. The number of carbonyl (C=O) groups is 1. The van der Waals surface area contributed by atoms with Crippen molar-refractivity contribution in [3.63, 3.8) is 0 Å². The first-order valence-electron chi connectivity index (χ1n) is 11.3. The smallest absolute Gasteiger partial charge is 0.269 e. The number of fused-ring (bicyclic) bond motifs is 1. The lowest BCUT2D eigenvalue weighted by Crippen LogP contribution is -2.52. The Balaban J connectivity index is 1.45. The van der Waals surface area contributed by atoms with Crippen molar-refractivity contribution >= 4 is 23.5 Å². The van der Waals surface area contributed by atoms with Crippen molar-refractivity contribution in [3.05, 3.63) is 83.2 Å². The summed E-state index contributed by atoms with van der Waals surface area (Å²) in [5.41, 5.74) is 6.75. The molecule has 0 bridgehead atoms.